The van der Waals surface area contributed by atoms with E-state index in [0.29, 0.717) is 17.3 Å². The smallest absolute Gasteiger partial charge is 0.248 e. The van der Waals surface area contributed by atoms with Crippen molar-refractivity contribution in [2.75, 3.05) is 5.32 Å². The number of nitrogens with one attached hydrogen (secondary N) is 2. The van der Waals surface area contributed by atoms with Gasteiger partial charge < -0.3 is 14.7 Å². The molecule has 0 aliphatic rings. The standard InChI is InChI=1S/C21H17N3O2/c1-14-10-11-15(26-14)12-13-20(25)22-17-7-3-2-6-16(17)21-23-18-8-4-5-9-19(18)24-21/h2-13H,1H3,(H,22,25)(H,23,24). The summed E-state index contributed by atoms with van der Waals surface area (Å²) in [6, 6.07) is 19.1. The fraction of sp³-hybridized carbons (Fsp3) is 0.0476. The third-order valence-corrected chi connectivity index (χ3v) is 3.99. The summed E-state index contributed by atoms with van der Waals surface area (Å²) in [7, 11) is 0. The zero-order chi connectivity index (χ0) is 17.9. The number of nitrogens with zero attached hydrogens (tertiary/aromatic N) is 1. The van der Waals surface area contributed by atoms with Crippen molar-refractivity contribution in [3.8, 4) is 11.4 Å². The van der Waals surface area contributed by atoms with Crippen LogP contribution in [0.25, 0.3) is 28.5 Å². The van der Waals surface area contributed by atoms with E-state index >= 15 is 0 Å². The van der Waals surface area contributed by atoms with E-state index in [1.807, 2.05) is 67.6 Å². The summed E-state index contributed by atoms with van der Waals surface area (Å²) in [6.07, 6.45) is 3.10. The van der Waals surface area contributed by atoms with Crippen LogP contribution in [0.15, 0.2) is 71.2 Å². The Kier molecular flexibility index (Phi) is 4.11. The van der Waals surface area contributed by atoms with Gasteiger partial charge in [0.25, 0.3) is 0 Å². The molecule has 4 aromatic rings. The zero-order valence-corrected chi connectivity index (χ0v) is 14.2. The topological polar surface area (TPSA) is 70.9 Å². The highest BCUT2D eigenvalue weighted by molar-refractivity contribution is 6.04. The number of carbonyl (C=O) groups is 1. The lowest BCUT2D eigenvalue weighted by Gasteiger charge is -2.07. The molecule has 128 valence electrons. The molecule has 4 rings (SSSR count). The van der Waals surface area contributed by atoms with Crippen LogP contribution in [0.3, 0.4) is 0 Å². The van der Waals surface area contributed by atoms with Gasteiger partial charge in [-0.25, -0.2) is 4.98 Å². The Morgan fingerprint density at radius 3 is 2.69 bits per heavy atom. The second-order valence-corrected chi connectivity index (χ2v) is 5.92. The van der Waals surface area contributed by atoms with Crippen molar-refractivity contribution >= 4 is 28.7 Å². The van der Waals surface area contributed by atoms with E-state index in [0.717, 1.165) is 22.4 Å². The Morgan fingerprint density at radius 1 is 1.08 bits per heavy atom. The molecule has 0 unspecified atom stereocenters. The molecular formula is C21H17N3O2. The first-order chi connectivity index (χ1) is 12.7. The Labute approximate surface area is 150 Å². The molecule has 0 fully saturated rings. The lowest BCUT2D eigenvalue weighted by molar-refractivity contribution is -0.111. The monoisotopic (exact) mass is 343 g/mol. The molecule has 0 aliphatic heterocycles. The summed E-state index contributed by atoms with van der Waals surface area (Å²) in [6.45, 7) is 1.86. The number of hydrogen-bond donors (Lipinski definition) is 2. The Morgan fingerprint density at radius 2 is 1.88 bits per heavy atom. The second-order valence-electron chi connectivity index (χ2n) is 5.92. The maximum atomic E-state index is 12.3. The van der Waals surface area contributed by atoms with Crippen molar-refractivity contribution < 1.29 is 9.21 Å². The molecule has 5 heteroatoms. The van der Waals surface area contributed by atoms with E-state index in [2.05, 4.69) is 15.3 Å². The van der Waals surface area contributed by atoms with E-state index < -0.39 is 0 Å². The third-order valence-electron chi connectivity index (χ3n) is 3.99. The number of amides is 1. The van der Waals surface area contributed by atoms with Gasteiger partial charge in [0.1, 0.15) is 17.3 Å². The number of fused-ring (bicyclic) bond motifs is 1. The zero-order valence-electron chi connectivity index (χ0n) is 14.2. The van der Waals surface area contributed by atoms with Crippen molar-refractivity contribution in [1.29, 1.82) is 0 Å². The first-order valence-corrected chi connectivity index (χ1v) is 8.29. The molecule has 0 atom stereocenters. The van der Waals surface area contributed by atoms with Gasteiger partial charge in [0.2, 0.25) is 5.91 Å². The summed E-state index contributed by atoms with van der Waals surface area (Å²) in [5.41, 5.74) is 3.37. The number of benzene rings is 2. The molecule has 2 heterocycles. The normalized spacial score (nSPS) is 11.3. The minimum Gasteiger partial charge on any atom is -0.462 e. The average Bonchev–Trinajstić information content (AvgIpc) is 3.26. The summed E-state index contributed by atoms with van der Waals surface area (Å²) in [5.74, 6) is 1.93. The van der Waals surface area contributed by atoms with Crippen LogP contribution in [0.5, 0.6) is 0 Å². The van der Waals surface area contributed by atoms with Crippen LogP contribution < -0.4 is 5.32 Å². The highest BCUT2D eigenvalue weighted by atomic mass is 16.3. The van der Waals surface area contributed by atoms with Crippen LogP contribution in [0.1, 0.15) is 11.5 Å². The van der Waals surface area contributed by atoms with Crippen molar-refractivity contribution in [3.05, 3.63) is 78.3 Å². The molecule has 0 aliphatic carbocycles. The van der Waals surface area contributed by atoms with E-state index in [9.17, 15) is 4.79 Å². The van der Waals surface area contributed by atoms with Gasteiger partial charge in [0, 0.05) is 11.6 Å². The van der Waals surface area contributed by atoms with Gasteiger partial charge in [-0.2, -0.15) is 0 Å². The lowest BCUT2D eigenvalue weighted by Crippen LogP contribution is -2.08. The number of furan rings is 1. The van der Waals surface area contributed by atoms with Gasteiger partial charge in [-0.15, -0.1) is 0 Å². The predicted octanol–water partition coefficient (Wildman–Crippen LogP) is 4.78. The fourth-order valence-corrected chi connectivity index (χ4v) is 2.75. The van der Waals surface area contributed by atoms with Crippen molar-refractivity contribution in [2.24, 2.45) is 0 Å². The maximum absolute atomic E-state index is 12.3. The molecular weight excluding hydrogens is 326 g/mol. The Bertz CT molecular complexity index is 1070. The Balaban J connectivity index is 1.59. The van der Waals surface area contributed by atoms with Crippen LogP contribution in [0.2, 0.25) is 0 Å². The molecule has 26 heavy (non-hydrogen) atoms. The quantitative estimate of drug-likeness (QED) is 0.524. The van der Waals surface area contributed by atoms with E-state index in [4.69, 9.17) is 4.42 Å². The summed E-state index contributed by atoms with van der Waals surface area (Å²) < 4.78 is 5.43. The molecule has 0 bridgehead atoms. The number of H-pyrrole nitrogens is 1. The minimum atomic E-state index is -0.234. The van der Waals surface area contributed by atoms with Gasteiger partial charge in [-0.1, -0.05) is 24.3 Å². The first kappa shape index (κ1) is 15.9. The number of aromatic amines is 1. The maximum Gasteiger partial charge on any atom is 0.248 e. The third kappa shape index (κ3) is 3.28. The molecule has 2 aromatic carbocycles. The van der Waals surface area contributed by atoms with Crippen LogP contribution >= 0.6 is 0 Å². The summed E-state index contributed by atoms with van der Waals surface area (Å²) in [5, 5.41) is 2.90. The van der Waals surface area contributed by atoms with Gasteiger partial charge >= 0.3 is 0 Å². The number of anilines is 1. The van der Waals surface area contributed by atoms with Crippen molar-refractivity contribution in [3.63, 3.8) is 0 Å². The highest BCUT2D eigenvalue weighted by Gasteiger charge is 2.10. The minimum absolute atomic E-state index is 0.234. The molecule has 2 aromatic heterocycles. The van der Waals surface area contributed by atoms with Crippen LogP contribution in [-0.2, 0) is 4.79 Å². The van der Waals surface area contributed by atoms with E-state index in [1.54, 1.807) is 6.08 Å². The molecule has 5 nitrogen and oxygen atoms in total. The van der Waals surface area contributed by atoms with Crippen LogP contribution in [-0.4, -0.2) is 15.9 Å². The number of carbonyl (C=O) groups excluding carboxylic acids is 1. The van der Waals surface area contributed by atoms with Crippen molar-refractivity contribution in [1.82, 2.24) is 9.97 Å². The molecule has 0 spiro atoms. The van der Waals surface area contributed by atoms with Gasteiger partial charge in [0.05, 0.1) is 16.7 Å². The Hall–Kier alpha value is -3.60. The molecule has 0 saturated heterocycles. The van der Waals surface area contributed by atoms with Gasteiger partial charge in [-0.3, -0.25) is 4.79 Å². The lowest BCUT2D eigenvalue weighted by atomic mass is 10.1. The summed E-state index contributed by atoms with van der Waals surface area (Å²) in [4.78, 5) is 20.2. The number of hydrogen-bond acceptors (Lipinski definition) is 3. The van der Waals surface area contributed by atoms with Gasteiger partial charge in [0.15, 0.2) is 0 Å². The number of aryl methyl sites for hydroxylation is 1. The largest absolute Gasteiger partial charge is 0.462 e. The second kappa shape index (κ2) is 6.72. The van der Waals surface area contributed by atoms with Crippen LogP contribution in [0, 0.1) is 6.92 Å². The fourth-order valence-electron chi connectivity index (χ4n) is 2.75. The highest BCUT2D eigenvalue weighted by Crippen LogP contribution is 2.27. The van der Waals surface area contributed by atoms with E-state index in [1.165, 1.54) is 6.08 Å². The average molecular weight is 343 g/mol. The molecule has 0 saturated carbocycles. The predicted molar refractivity (Wildman–Crippen MR) is 103 cm³/mol. The van der Waals surface area contributed by atoms with Crippen LogP contribution in [0.4, 0.5) is 5.69 Å². The molecule has 1 amide bonds. The van der Waals surface area contributed by atoms with Gasteiger partial charge in [-0.05, 0) is 49.4 Å². The number of imidazole rings is 1. The SMILES string of the molecule is Cc1ccc(C=CC(=O)Nc2ccccc2-c2nc3ccccc3[nH]2)o1. The molecule has 0 radical (unpaired) electrons. The number of aromatic nitrogens is 2. The number of para-hydroxylation sites is 3. The molecule has 2 N–H and O–H groups in total. The van der Waals surface area contributed by atoms with Crippen molar-refractivity contribution in [2.45, 2.75) is 6.92 Å². The van der Waals surface area contributed by atoms with E-state index in [-0.39, 0.29) is 5.91 Å². The number of rotatable bonds is 4. The summed E-state index contributed by atoms with van der Waals surface area (Å²) >= 11 is 0. The first-order valence-electron chi connectivity index (χ1n) is 8.29.